The molecule has 1 aromatic rings. The largest absolute Gasteiger partial charge is 0.473 e. The molecule has 1 aliphatic carbocycles. The fourth-order valence-corrected chi connectivity index (χ4v) is 3.01. The van der Waals surface area contributed by atoms with Crippen LogP contribution in [0.4, 0.5) is 0 Å². The molecule has 2 aliphatic rings. The van der Waals surface area contributed by atoms with Crippen LogP contribution in [0.1, 0.15) is 24.0 Å². The fourth-order valence-electron chi connectivity index (χ4n) is 2.39. The first-order chi connectivity index (χ1) is 8.25. The molecule has 3 rings (SSSR count). The normalized spacial score (nSPS) is 33.8. The Labute approximate surface area is 109 Å². The van der Waals surface area contributed by atoms with Gasteiger partial charge >= 0.3 is 0 Å². The molecule has 0 amide bonds. The van der Waals surface area contributed by atoms with Gasteiger partial charge in [-0.25, -0.2) is 4.99 Å². The first-order valence-corrected chi connectivity index (χ1v) is 6.78. The maximum atomic E-state index is 9.96. The van der Waals surface area contributed by atoms with E-state index in [1.807, 2.05) is 18.2 Å². The van der Waals surface area contributed by atoms with E-state index >= 15 is 0 Å². The van der Waals surface area contributed by atoms with Crippen molar-refractivity contribution < 1.29 is 9.84 Å². The molecule has 3 nitrogen and oxygen atoms in total. The van der Waals surface area contributed by atoms with Crippen LogP contribution in [-0.2, 0) is 11.3 Å². The summed E-state index contributed by atoms with van der Waals surface area (Å²) in [7, 11) is 0. The van der Waals surface area contributed by atoms with Gasteiger partial charge in [0.2, 0.25) is 5.90 Å². The van der Waals surface area contributed by atoms with Crippen molar-refractivity contribution in [1.82, 2.24) is 0 Å². The molecule has 0 spiro atoms. The highest BCUT2D eigenvalue weighted by Gasteiger charge is 2.34. The third-order valence-electron chi connectivity index (χ3n) is 3.40. The van der Waals surface area contributed by atoms with E-state index in [0.29, 0.717) is 12.5 Å². The number of hydrogen-bond donors (Lipinski definition) is 1. The van der Waals surface area contributed by atoms with E-state index in [-0.39, 0.29) is 10.9 Å². The van der Waals surface area contributed by atoms with Crippen molar-refractivity contribution in [1.29, 1.82) is 0 Å². The van der Waals surface area contributed by atoms with Crippen molar-refractivity contribution >= 4 is 21.8 Å². The third kappa shape index (κ3) is 2.00. The van der Waals surface area contributed by atoms with Crippen molar-refractivity contribution in [2.45, 2.75) is 36.4 Å². The monoisotopic (exact) mass is 295 g/mol. The zero-order valence-corrected chi connectivity index (χ0v) is 10.9. The van der Waals surface area contributed by atoms with Crippen LogP contribution < -0.4 is 0 Å². The van der Waals surface area contributed by atoms with Gasteiger partial charge in [0.05, 0.1) is 12.1 Å². The lowest BCUT2D eigenvalue weighted by atomic mass is 10.1. The number of nitrogens with zero attached hydrogens (tertiary/aromatic N) is 1. The minimum Gasteiger partial charge on any atom is -0.473 e. The number of benzene rings is 1. The van der Waals surface area contributed by atoms with Crippen LogP contribution in [0.5, 0.6) is 0 Å². The lowest BCUT2D eigenvalue weighted by Crippen LogP contribution is -2.25. The second kappa shape index (κ2) is 4.42. The molecular formula is C13H14BrNO2. The molecule has 1 aliphatic heterocycles. The van der Waals surface area contributed by atoms with Crippen molar-refractivity contribution in [3.63, 3.8) is 0 Å². The van der Waals surface area contributed by atoms with Gasteiger partial charge in [-0.15, -0.1) is 0 Å². The summed E-state index contributed by atoms with van der Waals surface area (Å²) in [5.74, 6) is 0.686. The number of ether oxygens (including phenoxy) is 1. The molecule has 0 aromatic heterocycles. The van der Waals surface area contributed by atoms with Crippen LogP contribution in [0.3, 0.4) is 0 Å². The number of hydrogen-bond acceptors (Lipinski definition) is 3. The zero-order valence-electron chi connectivity index (χ0n) is 9.34. The van der Waals surface area contributed by atoms with Crippen LogP contribution in [0.15, 0.2) is 29.3 Å². The second-order valence-electron chi connectivity index (χ2n) is 4.53. The standard InChI is InChI=1S/C13H14BrNO2/c14-10-5-6-11(12(10)16)15-13-9-4-2-1-3-8(9)7-17-13/h1-4,10-12,16H,5-7H2/t10-,11?,12-/m1/s1. The van der Waals surface area contributed by atoms with E-state index in [4.69, 9.17) is 4.74 Å². The average molecular weight is 296 g/mol. The van der Waals surface area contributed by atoms with E-state index in [1.165, 1.54) is 5.56 Å². The number of aliphatic hydroxyl groups excluding tert-OH is 1. The summed E-state index contributed by atoms with van der Waals surface area (Å²) in [5, 5.41) is 9.96. The molecule has 90 valence electrons. The Morgan fingerprint density at radius 1 is 1.29 bits per heavy atom. The summed E-state index contributed by atoms with van der Waals surface area (Å²) in [5.41, 5.74) is 2.24. The molecule has 0 bridgehead atoms. The van der Waals surface area contributed by atoms with Crippen LogP contribution >= 0.6 is 15.9 Å². The van der Waals surface area contributed by atoms with Crippen LogP contribution in [0.2, 0.25) is 0 Å². The Hall–Kier alpha value is -0.870. The van der Waals surface area contributed by atoms with Gasteiger partial charge in [-0.05, 0) is 18.9 Å². The van der Waals surface area contributed by atoms with E-state index in [9.17, 15) is 5.11 Å². The average Bonchev–Trinajstić information content (AvgIpc) is 2.89. The Morgan fingerprint density at radius 3 is 2.88 bits per heavy atom. The third-order valence-corrected chi connectivity index (χ3v) is 4.40. The zero-order chi connectivity index (χ0) is 11.8. The molecule has 1 unspecified atom stereocenters. The topological polar surface area (TPSA) is 41.8 Å². The Kier molecular flexibility index (Phi) is 2.92. The van der Waals surface area contributed by atoms with Gasteiger partial charge in [0.1, 0.15) is 6.61 Å². The number of halogens is 1. The summed E-state index contributed by atoms with van der Waals surface area (Å²) < 4.78 is 5.59. The van der Waals surface area contributed by atoms with Crippen molar-refractivity contribution in [2.75, 3.05) is 0 Å². The molecule has 0 radical (unpaired) electrons. The molecule has 3 atom stereocenters. The van der Waals surface area contributed by atoms with Crippen molar-refractivity contribution in [3.05, 3.63) is 35.4 Å². The maximum absolute atomic E-state index is 9.96. The van der Waals surface area contributed by atoms with Gasteiger partial charge in [0, 0.05) is 16.0 Å². The molecular weight excluding hydrogens is 282 g/mol. The number of fused-ring (bicyclic) bond motifs is 1. The Bertz CT molecular complexity index is 460. The smallest absolute Gasteiger partial charge is 0.217 e. The van der Waals surface area contributed by atoms with E-state index < -0.39 is 6.10 Å². The van der Waals surface area contributed by atoms with Crippen LogP contribution in [0, 0.1) is 0 Å². The highest BCUT2D eigenvalue weighted by atomic mass is 79.9. The fraction of sp³-hybridized carbons (Fsp3) is 0.462. The number of aliphatic hydroxyl groups is 1. The van der Waals surface area contributed by atoms with Gasteiger partial charge in [-0.1, -0.05) is 34.1 Å². The highest BCUT2D eigenvalue weighted by Crippen LogP contribution is 2.30. The summed E-state index contributed by atoms with van der Waals surface area (Å²) in [4.78, 5) is 4.72. The van der Waals surface area contributed by atoms with E-state index in [1.54, 1.807) is 0 Å². The van der Waals surface area contributed by atoms with Crippen LogP contribution in [0.25, 0.3) is 0 Å². The number of alkyl halides is 1. The predicted molar refractivity (Wildman–Crippen MR) is 69.5 cm³/mol. The summed E-state index contributed by atoms with van der Waals surface area (Å²) >= 11 is 3.47. The minimum absolute atomic E-state index is 0.0412. The lowest BCUT2D eigenvalue weighted by Gasteiger charge is -2.12. The SMILES string of the molecule is O[C@H]1C(N=C2OCc3ccccc32)CC[C@H]1Br. The Balaban J connectivity index is 1.87. The predicted octanol–water partition coefficient (Wildman–Crippen LogP) is 2.25. The quantitative estimate of drug-likeness (QED) is 0.808. The van der Waals surface area contributed by atoms with Crippen LogP contribution in [-0.4, -0.2) is 28.0 Å². The lowest BCUT2D eigenvalue weighted by molar-refractivity contribution is 0.170. The Morgan fingerprint density at radius 2 is 2.12 bits per heavy atom. The van der Waals surface area contributed by atoms with Crippen molar-refractivity contribution in [3.8, 4) is 0 Å². The van der Waals surface area contributed by atoms with Gasteiger partial charge in [0.25, 0.3) is 0 Å². The summed E-state index contributed by atoms with van der Waals surface area (Å²) in [6, 6.07) is 8.02. The molecule has 1 aromatic carbocycles. The minimum atomic E-state index is -0.404. The highest BCUT2D eigenvalue weighted by molar-refractivity contribution is 9.09. The number of rotatable bonds is 1. The molecule has 1 saturated carbocycles. The van der Waals surface area contributed by atoms with Gasteiger partial charge < -0.3 is 9.84 Å². The van der Waals surface area contributed by atoms with Gasteiger partial charge in [0.15, 0.2) is 0 Å². The summed E-state index contributed by atoms with van der Waals surface area (Å²) in [6.07, 6.45) is 1.47. The van der Waals surface area contributed by atoms with Crippen molar-refractivity contribution in [2.24, 2.45) is 4.99 Å². The van der Waals surface area contributed by atoms with E-state index in [2.05, 4.69) is 27.0 Å². The molecule has 1 fully saturated rings. The molecule has 1 heterocycles. The van der Waals surface area contributed by atoms with Gasteiger partial charge in [-0.3, -0.25) is 0 Å². The summed E-state index contributed by atoms with van der Waals surface area (Å²) in [6.45, 7) is 0.593. The molecule has 4 heteroatoms. The van der Waals surface area contributed by atoms with E-state index in [0.717, 1.165) is 18.4 Å². The second-order valence-corrected chi connectivity index (χ2v) is 5.71. The first kappa shape index (κ1) is 11.2. The maximum Gasteiger partial charge on any atom is 0.217 e. The first-order valence-electron chi connectivity index (χ1n) is 5.87. The molecule has 17 heavy (non-hydrogen) atoms. The molecule has 1 N–H and O–H groups in total. The molecule has 0 saturated heterocycles. The number of aliphatic imine (C=N–C) groups is 1. The van der Waals surface area contributed by atoms with Gasteiger partial charge in [-0.2, -0.15) is 0 Å².